The highest BCUT2D eigenvalue weighted by atomic mass is 31.2. The summed E-state index contributed by atoms with van der Waals surface area (Å²) in [6, 6.07) is 0. The van der Waals surface area contributed by atoms with Gasteiger partial charge in [-0.2, -0.15) is 0 Å². The summed E-state index contributed by atoms with van der Waals surface area (Å²) in [5.41, 5.74) is 0.779. The van der Waals surface area contributed by atoms with E-state index in [4.69, 9.17) is 0 Å². The average molecular weight is 232 g/mol. The van der Waals surface area contributed by atoms with Crippen molar-refractivity contribution in [2.24, 2.45) is 0 Å². The molecule has 0 saturated carbocycles. The molecule has 0 fully saturated rings. The molecule has 0 bridgehead atoms. The van der Waals surface area contributed by atoms with Crippen LogP contribution in [0.15, 0.2) is 11.6 Å². The van der Waals surface area contributed by atoms with Crippen LogP contribution in [0.3, 0.4) is 0 Å². The lowest BCUT2D eigenvalue weighted by Gasteiger charge is -2.23. The number of aliphatic hydroxyl groups excluding tert-OH is 1. The Hall–Kier alpha value is -0.110. The highest BCUT2D eigenvalue weighted by molar-refractivity contribution is 7.59. The molecular weight excluding hydrogens is 211 g/mol. The second-order valence-electron chi connectivity index (χ2n) is 4.25. The van der Waals surface area contributed by atoms with Crippen LogP contribution in [-0.4, -0.2) is 27.9 Å². The monoisotopic (exact) mass is 232 g/mol. The van der Waals surface area contributed by atoms with E-state index in [2.05, 4.69) is 0 Å². The molecule has 4 heteroatoms. The smallest absolute Gasteiger partial charge is 0.207 e. The Morgan fingerprint density at radius 3 is 2.67 bits per heavy atom. The zero-order valence-electron chi connectivity index (χ0n) is 9.52. The van der Waals surface area contributed by atoms with Crippen molar-refractivity contribution >= 4 is 7.37 Å². The highest BCUT2D eigenvalue weighted by Gasteiger charge is 2.33. The number of rotatable bonds is 5. The summed E-state index contributed by atoms with van der Waals surface area (Å²) in [5.74, 6) is 0. The highest BCUT2D eigenvalue weighted by Crippen LogP contribution is 2.52. The van der Waals surface area contributed by atoms with Gasteiger partial charge >= 0.3 is 0 Å². The molecule has 0 radical (unpaired) electrons. The molecule has 1 aliphatic rings. The lowest BCUT2D eigenvalue weighted by atomic mass is 10.1. The third-order valence-electron chi connectivity index (χ3n) is 3.05. The molecule has 0 heterocycles. The van der Waals surface area contributed by atoms with Gasteiger partial charge in [-0.3, -0.25) is 4.57 Å². The zero-order valence-corrected chi connectivity index (χ0v) is 10.4. The number of hydrogen-bond acceptors (Lipinski definition) is 2. The minimum absolute atomic E-state index is 0.218. The van der Waals surface area contributed by atoms with E-state index in [1.54, 1.807) is 6.92 Å². The Morgan fingerprint density at radius 1 is 1.60 bits per heavy atom. The van der Waals surface area contributed by atoms with Crippen molar-refractivity contribution in [1.29, 1.82) is 0 Å². The molecule has 3 nitrogen and oxygen atoms in total. The third-order valence-corrected chi connectivity index (χ3v) is 5.52. The molecule has 1 aliphatic carbocycles. The van der Waals surface area contributed by atoms with Gasteiger partial charge in [0.2, 0.25) is 7.37 Å². The summed E-state index contributed by atoms with van der Waals surface area (Å²) in [5, 5.41) is 9.43. The zero-order chi connectivity index (χ0) is 11.5. The maximum Gasteiger partial charge on any atom is 0.207 e. The van der Waals surface area contributed by atoms with E-state index in [0.717, 1.165) is 18.4 Å². The van der Waals surface area contributed by atoms with E-state index < -0.39 is 7.37 Å². The third kappa shape index (κ3) is 3.17. The Bertz CT molecular complexity index is 286. The van der Waals surface area contributed by atoms with Gasteiger partial charge in [0, 0.05) is 6.16 Å². The van der Waals surface area contributed by atoms with E-state index >= 15 is 0 Å². The van der Waals surface area contributed by atoms with Crippen LogP contribution >= 0.6 is 7.37 Å². The molecule has 0 amide bonds. The fraction of sp³-hybridized carbons (Fsp3) is 0.818. The lowest BCUT2D eigenvalue weighted by molar-refractivity contribution is 0.187. The minimum atomic E-state index is -3.06. The van der Waals surface area contributed by atoms with E-state index in [1.165, 1.54) is 0 Å². The maximum atomic E-state index is 12.0. The molecule has 0 aromatic heterocycles. The molecule has 0 spiro atoms. The van der Waals surface area contributed by atoms with Crippen LogP contribution in [0, 0.1) is 0 Å². The summed E-state index contributed by atoms with van der Waals surface area (Å²) >= 11 is 0. The predicted molar refractivity (Wildman–Crippen MR) is 62.4 cm³/mol. The fourth-order valence-corrected chi connectivity index (χ4v) is 3.97. The van der Waals surface area contributed by atoms with E-state index in [9.17, 15) is 14.6 Å². The van der Waals surface area contributed by atoms with Crippen molar-refractivity contribution in [3.63, 3.8) is 0 Å². The van der Waals surface area contributed by atoms with Crippen molar-refractivity contribution in [1.82, 2.24) is 0 Å². The van der Waals surface area contributed by atoms with Gasteiger partial charge in [-0.25, -0.2) is 0 Å². The van der Waals surface area contributed by atoms with Crippen molar-refractivity contribution < 1.29 is 14.6 Å². The first-order chi connectivity index (χ1) is 7.01. The topological polar surface area (TPSA) is 57.5 Å². The van der Waals surface area contributed by atoms with Crippen LogP contribution < -0.4 is 0 Å². The van der Waals surface area contributed by atoms with Crippen LogP contribution in [-0.2, 0) is 4.57 Å². The van der Waals surface area contributed by atoms with Crippen molar-refractivity contribution in [3.8, 4) is 0 Å². The van der Waals surface area contributed by atoms with Crippen molar-refractivity contribution in [2.75, 3.05) is 6.16 Å². The van der Waals surface area contributed by atoms with E-state index in [-0.39, 0.29) is 11.8 Å². The van der Waals surface area contributed by atoms with Gasteiger partial charge < -0.3 is 10.00 Å². The quantitative estimate of drug-likeness (QED) is 0.565. The van der Waals surface area contributed by atoms with Gasteiger partial charge in [-0.05, 0) is 19.3 Å². The molecular formula is C11H21O3P. The molecule has 15 heavy (non-hydrogen) atoms. The standard InChI is InChI=1S/C11H21O3P/c1-3-5-11(15(13,14)4-2)9-6-7-10(12)8-9/h6,10-12H,3-5,7-8H2,1-2H3,(H,13,14). The van der Waals surface area contributed by atoms with Gasteiger partial charge in [-0.1, -0.05) is 31.9 Å². The van der Waals surface area contributed by atoms with E-state index in [1.807, 2.05) is 13.0 Å². The molecule has 0 aromatic carbocycles. The van der Waals surface area contributed by atoms with Crippen molar-refractivity contribution in [2.45, 2.75) is 51.3 Å². The Morgan fingerprint density at radius 2 is 2.27 bits per heavy atom. The molecule has 0 aromatic rings. The van der Waals surface area contributed by atoms with Crippen LogP contribution in [0.1, 0.15) is 39.5 Å². The van der Waals surface area contributed by atoms with Gasteiger partial charge in [0.05, 0.1) is 11.8 Å². The summed E-state index contributed by atoms with van der Waals surface area (Å²) in [7, 11) is -3.06. The summed E-state index contributed by atoms with van der Waals surface area (Å²) in [6.45, 7) is 3.78. The first-order valence-corrected chi connectivity index (χ1v) is 7.61. The van der Waals surface area contributed by atoms with Crippen LogP contribution in [0.2, 0.25) is 0 Å². The minimum Gasteiger partial charge on any atom is -0.392 e. The van der Waals surface area contributed by atoms with Gasteiger partial charge in [0.15, 0.2) is 0 Å². The predicted octanol–water partition coefficient (Wildman–Crippen LogP) is 2.53. The lowest BCUT2D eigenvalue weighted by Crippen LogP contribution is -2.14. The molecule has 0 saturated heterocycles. The van der Waals surface area contributed by atoms with Gasteiger partial charge in [0.25, 0.3) is 0 Å². The van der Waals surface area contributed by atoms with Gasteiger partial charge in [0.1, 0.15) is 0 Å². The number of hydrogen-bond donors (Lipinski definition) is 2. The summed E-state index contributed by atoms with van der Waals surface area (Å²) in [4.78, 5) is 9.89. The molecule has 3 unspecified atom stereocenters. The van der Waals surface area contributed by atoms with Crippen LogP contribution in [0.25, 0.3) is 0 Å². The SMILES string of the molecule is CCCC(C1=CCC(O)C1)P(=O)(O)CC. The van der Waals surface area contributed by atoms with Gasteiger partial charge in [-0.15, -0.1) is 0 Å². The van der Waals surface area contributed by atoms with E-state index in [0.29, 0.717) is 19.0 Å². The normalized spacial score (nSPS) is 27.2. The molecule has 2 N–H and O–H groups in total. The fourth-order valence-electron chi connectivity index (χ4n) is 2.14. The van der Waals surface area contributed by atoms with Crippen LogP contribution in [0.5, 0.6) is 0 Å². The summed E-state index contributed by atoms with van der Waals surface area (Å²) in [6.07, 6.45) is 4.81. The molecule has 3 atom stereocenters. The Balaban J connectivity index is 2.79. The van der Waals surface area contributed by atoms with Crippen LogP contribution in [0.4, 0.5) is 0 Å². The number of aliphatic hydroxyl groups is 1. The first kappa shape index (κ1) is 13.0. The summed E-state index contributed by atoms with van der Waals surface area (Å²) < 4.78 is 12.0. The maximum absolute atomic E-state index is 12.0. The Kier molecular flexibility index (Phi) is 4.57. The Labute approximate surface area is 91.7 Å². The molecule has 1 rings (SSSR count). The molecule has 0 aliphatic heterocycles. The van der Waals surface area contributed by atoms with Crippen molar-refractivity contribution in [3.05, 3.63) is 11.6 Å². The average Bonchev–Trinajstić information content (AvgIpc) is 2.60. The molecule has 88 valence electrons. The first-order valence-electron chi connectivity index (χ1n) is 5.69. The second kappa shape index (κ2) is 5.29. The second-order valence-corrected chi connectivity index (χ2v) is 7.02. The largest absolute Gasteiger partial charge is 0.392 e.